The van der Waals surface area contributed by atoms with Crippen LogP contribution in [0.2, 0.25) is 0 Å². The number of fused-ring (bicyclic) bond motifs is 1. The topological polar surface area (TPSA) is 23.5 Å². The number of rotatable bonds is 2. The second-order valence-corrected chi connectivity index (χ2v) is 8.72. The van der Waals surface area contributed by atoms with Crippen molar-refractivity contribution in [1.29, 1.82) is 0 Å². The van der Waals surface area contributed by atoms with Gasteiger partial charge in [-0.3, -0.25) is 0 Å². The molecule has 2 aromatic carbocycles. The van der Waals surface area contributed by atoms with Crippen LogP contribution in [0.5, 0.6) is 0 Å². The van der Waals surface area contributed by atoms with Gasteiger partial charge in [-0.05, 0) is 73.6 Å². The summed E-state index contributed by atoms with van der Waals surface area (Å²) in [4.78, 5) is 2.31. The van der Waals surface area contributed by atoms with Crippen molar-refractivity contribution in [2.24, 2.45) is 11.3 Å². The molecule has 0 bridgehead atoms. The Morgan fingerprint density at radius 3 is 2.35 bits per heavy atom. The fourth-order valence-electron chi connectivity index (χ4n) is 5.19. The van der Waals surface area contributed by atoms with E-state index >= 15 is 0 Å². The van der Waals surface area contributed by atoms with Crippen LogP contribution in [0.3, 0.4) is 0 Å². The highest BCUT2D eigenvalue weighted by atomic mass is 19.1. The zero-order valence-corrected chi connectivity index (χ0v) is 15.9. The lowest BCUT2D eigenvalue weighted by Gasteiger charge is -2.47. The third kappa shape index (κ3) is 2.52. The summed E-state index contributed by atoms with van der Waals surface area (Å²) in [5.41, 5.74) is 2.18. The molecule has 1 atom stereocenters. The summed E-state index contributed by atoms with van der Waals surface area (Å²) >= 11 is 0. The van der Waals surface area contributed by atoms with Crippen molar-refractivity contribution in [3.8, 4) is 11.1 Å². The highest BCUT2D eigenvalue weighted by Crippen LogP contribution is 2.58. The number of aliphatic hydroxyl groups is 1. The Kier molecular flexibility index (Phi) is 4.20. The van der Waals surface area contributed by atoms with Crippen molar-refractivity contribution in [2.75, 3.05) is 20.1 Å². The van der Waals surface area contributed by atoms with E-state index in [0.29, 0.717) is 12.0 Å². The fourth-order valence-corrected chi connectivity index (χ4v) is 5.19. The molecule has 0 spiro atoms. The number of nitrogens with zero attached hydrogens (tertiary/aromatic N) is 1. The standard InChI is InChI=1S/C23H28FNO/c1-22(2)15-19-20(24)10-9-18(16-7-5-4-6-8-16)21(19)23(22,26)17-11-13-25(3)14-12-17/h4-10,17,26H,11-15H2,1-3H3. The first-order chi connectivity index (χ1) is 12.3. The fraction of sp³-hybridized carbons (Fsp3) is 0.478. The normalized spacial score (nSPS) is 26.0. The van der Waals surface area contributed by atoms with Gasteiger partial charge in [-0.1, -0.05) is 50.2 Å². The summed E-state index contributed by atoms with van der Waals surface area (Å²) in [6.07, 6.45) is 2.47. The monoisotopic (exact) mass is 353 g/mol. The number of hydrogen-bond acceptors (Lipinski definition) is 2. The van der Waals surface area contributed by atoms with Crippen LogP contribution in [0, 0.1) is 17.2 Å². The van der Waals surface area contributed by atoms with Gasteiger partial charge in [-0.15, -0.1) is 0 Å². The van der Waals surface area contributed by atoms with Gasteiger partial charge < -0.3 is 10.0 Å². The molecule has 4 rings (SSSR count). The maximum absolute atomic E-state index is 14.8. The predicted molar refractivity (Wildman–Crippen MR) is 103 cm³/mol. The molecule has 1 N–H and O–H groups in total. The molecule has 0 radical (unpaired) electrons. The molecule has 1 aliphatic heterocycles. The average molecular weight is 353 g/mol. The molecule has 1 aliphatic carbocycles. The SMILES string of the molecule is CN1CCC(C2(O)c3c(-c4ccccc4)ccc(F)c3CC2(C)C)CC1. The maximum Gasteiger partial charge on any atom is 0.126 e. The lowest BCUT2D eigenvalue weighted by Crippen LogP contribution is -2.49. The summed E-state index contributed by atoms with van der Waals surface area (Å²) in [6.45, 7) is 6.15. The van der Waals surface area contributed by atoms with Gasteiger partial charge in [-0.25, -0.2) is 4.39 Å². The molecule has 26 heavy (non-hydrogen) atoms. The second-order valence-electron chi connectivity index (χ2n) is 8.72. The molecular formula is C23H28FNO. The first kappa shape index (κ1) is 17.7. The first-order valence-corrected chi connectivity index (χ1v) is 9.63. The van der Waals surface area contributed by atoms with Crippen LogP contribution in [-0.4, -0.2) is 30.1 Å². The van der Waals surface area contributed by atoms with Gasteiger partial charge in [0.05, 0.1) is 5.60 Å². The molecular weight excluding hydrogens is 325 g/mol. The van der Waals surface area contributed by atoms with Gasteiger partial charge in [-0.2, -0.15) is 0 Å². The Balaban J connectivity index is 1.92. The van der Waals surface area contributed by atoms with Gasteiger partial charge in [0, 0.05) is 5.41 Å². The van der Waals surface area contributed by atoms with Crippen molar-refractivity contribution < 1.29 is 9.50 Å². The highest BCUT2D eigenvalue weighted by molar-refractivity contribution is 5.72. The van der Waals surface area contributed by atoms with Crippen LogP contribution >= 0.6 is 0 Å². The van der Waals surface area contributed by atoms with Crippen LogP contribution in [-0.2, 0) is 12.0 Å². The van der Waals surface area contributed by atoms with E-state index in [1.165, 1.54) is 0 Å². The van der Waals surface area contributed by atoms with E-state index in [9.17, 15) is 9.50 Å². The molecule has 2 aliphatic rings. The Hall–Kier alpha value is -1.71. The average Bonchev–Trinajstić information content (AvgIpc) is 2.85. The van der Waals surface area contributed by atoms with Crippen LogP contribution < -0.4 is 0 Å². The zero-order chi connectivity index (χ0) is 18.5. The van der Waals surface area contributed by atoms with Gasteiger partial charge in [0.1, 0.15) is 5.82 Å². The van der Waals surface area contributed by atoms with E-state index in [0.717, 1.165) is 42.6 Å². The third-order valence-electron chi connectivity index (χ3n) is 6.68. The van der Waals surface area contributed by atoms with Gasteiger partial charge >= 0.3 is 0 Å². The van der Waals surface area contributed by atoms with Gasteiger partial charge in [0.25, 0.3) is 0 Å². The molecule has 1 unspecified atom stereocenters. The molecule has 0 saturated carbocycles. The van der Waals surface area contributed by atoms with Crippen molar-refractivity contribution in [3.63, 3.8) is 0 Å². The molecule has 138 valence electrons. The van der Waals surface area contributed by atoms with E-state index < -0.39 is 5.60 Å². The second kappa shape index (κ2) is 6.17. The van der Waals surface area contributed by atoms with Crippen molar-refractivity contribution in [1.82, 2.24) is 4.90 Å². The number of hydrogen-bond donors (Lipinski definition) is 1. The van der Waals surface area contributed by atoms with E-state index in [1.807, 2.05) is 36.4 Å². The summed E-state index contributed by atoms with van der Waals surface area (Å²) < 4.78 is 14.8. The van der Waals surface area contributed by atoms with E-state index in [-0.39, 0.29) is 17.2 Å². The lowest BCUT2D eigenvalue weighted by molar-refractivity contribution is -0.121. The van der Waals surface area contributed by atoms with E-state index in [4.69, 9.17) is 0 Å². The number of benzene rings is 2. The van der Waals surface area contributed by atoms with Crippen LogP contribution in [0.25, 0.3) is 11.1 Å². The summed E-state index contributed by atoms with van der Waals surface area (Å²) in [5.74, 6) is -0.0316. The molecule has 2 nitrogen and oxygen atoms in total. The van der Waals surface area contributed by atoms with E-state index in [2.05, 4.69) is 25.8 Å². The molecule has 1 heterocycles. The van der Waals surface area contributed by atoms with Crippen molar-refractivity contribution >= 4 is 0 Å². The van der Waals surface area contributed by atoms with Crippen LogP contribution in [0.15, 0.2) is 42.5 Å². The largest absolute Gasteiger partial charge is 0.384 e. The van der Waals surface area contributed by atoms with Crippen LogP contribution in [0.4, 0.5) is 4.39 Å². The Labute approximate surface area is 155 Å². The summed E-state index contributed by atoms with van der Waals surface area (Å²) in [6, 6.07) is 13.5. The quantitative estimate of drug-likeness (QED) is 0.853. The number of likely N-dealkylation sites (tertiary alicyclic amines) is 1. The minimum atomic E-state index is -1.00. The summed E-state index contributed by atoms with van der Waals surface area (Å²) in [7, 11) is 2.13. The minimum absolute atomic E-state index is 0.152. The maximum atomic E-state index is 14.8. The molecule has 1 fully saturated rings. The first-order valence-electron chi connectivity index (χ1n) is 9.63. The Morgan fingerprint density at radius 2 is 1.69 bits per heavy atom. The van der Waals surface area contributed by atoms with Crippen molar-refractivity contribution in [2.45, 2.75) is 38.7 Å². The molecule has 2 aromatic rings. The van der Waals surface area contributed by atoms with Gasteiger partial charge in [0.2, 0.25) is 0 Å². The predicted octanol–water partition coefficient (Wildman–Crippen LogP) is 4.60. The number of piperidine rings is 1. The minimum Gasteiger partial charge on any atom is -0.384 e. The Bertz CT molecular complexity index is 808. The van der Waals surface area contributed by atoms with Crippen LogP contribution in [0.1, 0.15) is 37.8 Å². The third-order valence-corrected chi connectivity index (χ3v) is 6.68. The Morgan fingerprint density at radius 1 is 1.04 bits per heavy atom. The smallest absolute Gasteiger partial charge is 0.126 e. The lowest BCUT2D eigenvalue weighted by atomic mass is 9.64. The zero-order valence-electron chi connectivity index (χ0n) is 15.9. The highest BCUT2D eigenvalue weighted by Gasteiger charge is 2.57. The van der Waals surface area contributed by atoms with Gasteiger partial charge in [0.15, 0.2) is 0 Å². The molecule has 3 heteroatoms. The molecule has 0 amide bonds. The molecule has 1 saturated heterocycles. The number of halogens is 1. The molecule has 0 aromatic heterocycles. The summed E-state index contributed by atoms with van der Waals surface area (Å²) in [5, 5.41) is 12.2. The van der Waals surface area contributed by atoms with E-state index in [1.54, 1.807) is 6.07 Å². The van der Waals surface area contributed by atoms with Crippen molar-refractivity contribution in [3.05, 3.63) is 59.4 Å².